The molecule has 0 saturated carbocycles. The van der Waals surface area contributed by atoms with Gasteiger partial charge < -0.3 is 10.5 Å². The first-order chi connectivity index (χ1) is 9.19. The number of aromatic nitrogens is 1. The van der Waals surface area contributed by atoms with Gasteiger partial charge in [0, 0.05) is 5.69 Å². The molecule has 0 aliphatic rings. The average molecular weight is 256 g/mol. The van der Waals surface area contributed by atoms with E-state index in [4.69, 9.17) is 10.5 Å². The second-order valence-electron chi connectivity index (χ2n) is 4.71. The molecule has 0 unspecified atom stereocenters. The molecule has 0 fully saturated rings. The fourth-order valence-electron chi connectivity index (χ4n) is 2.03. The molecule has 0 spiro atoms. The van der Waals surface area contributed by atoms with Gasteiger partial charge in [-0.3, -0.25) is 4.98 Å². The molecule has 1 aromatic heterocycles. The molecular weight excluding hydrogens is 236 g/mol. The van der Waals surface area contributed by atoms with Gasteiger partial charge in [-0.05, 0) is 50.6 Å². The van der Waals surface area contributed by atoms with E-state index in [-0.39, 0.29) is 0 Å². The van der Waals surface area contributed by atoms with Crippen LogP contribution in [0.3, 0.4) is 0 Å². The Morgan fingerprint density at radius 3 is 2.74 bits per heavy atom. The topological polar surface area (TPSA) is 48.1 Å². The highest BCUT2D eigenvalue weighted by Gasteiger charge is 2.04. The first kappa shape index (κ1) is 13.6. The normalized spacial score (nSPS) is 10.5. The van der Waals surface area contributed by atoms with E-state index in [9.17, 15) is 0 Å². The van der Waals surface area contributed by atoms with Crippen molar-refractivity contribution in [2.45, 2.75) is 26.9 Å². The van der Waals surface area contributed by atoms with Crippen molar-refractivity contribution in [3.8, 4) is 5.75 Å². The average Bonchev–Trinajstić information content (AvgIpc) is 2.38. The lowest BCUT2D eigenvalue weighted by atomic mass is 10.1. The van der Waals surface area contributed by atoms with E-state index in [1.54, 1.807) is 0 Å². The predicted molar refractivity (Wildman–Crippen MR) is 77.2 cm³/mol. The van der Waals surface area contributed by atoms with Crippen molar-refractivity contribution < 1.29 is 4.74 Å². The number of pyridine rings is 1. The summed E-state index contributed by atoms with van der Waals surface area (Å²) < 4.78 is 5.87. The lowest BCUT2D eigenvalue weighted by molar-refractivity contribution is 0.298. The van der Waals surface area contributed by atoms with Gasteiger partial charge in [0.25, 0.3) is 0 Å². The van der Waals surface area contributed by atoms with Crippen LogP contribution in [0.25, 0.3) is 0 Å². The first-order valence-electron chi connectivity index (χ1n) is 6.54. The maximum Gasteiger partial charge on any atom is 0.130 e. The van der Waals surface area contributed by atoms with Crippen LogP contribution in [0.2, 0.25) is 0 Å². The van der Waals surface area contributed by atoms with Gasteiger partial charge in [-0.1, -0.05) is 23.8 Å². The Morgan fingerprint density at radius 1 is 1.16 bits per heavy atom. The molecule has 1 heterocycles. The molecule has 0 bridgehead atoms. The number of benzene rings is 1. The number of nitrogens with two attached hydrogens (primary N) is 1. The lowest BCUT2D eigenvalue weighted by Crippen LogP contribution is -2.06. The lowest BCUT2D eigenvalue weighted by Gasteiger charge is -2.12. The highest BCUT2D eigenvalue weighted by molar-refractivity contribution is 5.37. The second-order valence-corrected chi connectivity index (χ2v) is 4.71. The summed E-state index contributed by atoms with van der Waals surface area (Å²) in [6, 6.07) is 12.1. The van der Waals surface area contributed by atoms with Gasteiger partial charge in [0.1, 0.15) is 12.4 Å². The van der Waals surface area contributed by atoms with E-state index in [0.29, 0.717) is 13.2 Å². The zero-order valence-electron chi connectivity index (χ0n) is 11.5. The molecular formula is C16H20N2O. The maximum absolute atomic E-state index is 5.87. The summed E-state index contributed by atoms with van der Waals surface area (Å²) in [5, 5.41) is 0. The van der Waals surface area contributed by atoms with Crippen molar-refractivity contribution in [2.75, 3.05) is 6.54 Å². The van der Waals surface area contributed by atoms with Crippen LogP contribution in [0.5, 0.6) is 5.75 Å². The SMILES string of the molecule is Cc1ccc(OCc2cccc(C)n2)c(CCN)c1. The minimum absolute atomic E-state index is 0.488. The maximum atomic E-state index is 5.87. The Labute approximate surface area is 114 Å². The summed E-state index contributed by atoms with van der Waals surface area (Å²) in [5.74, 6) is 0.902. The molecule has 19 heavy (non-hydrogen) atoms. The van der Waals surface area contributed by atoms with Crippen LogP contribution >= 0.6 is 0 Å². The van der Waals surface area contributed by atoms with Crippen molar-refractivity contribution >= 4 is 0 Å². The molecule has 0 radical (unpaired) electrons. The van der Waals surface area contributed by atoms with Crippen molar-refractivity contribution in [3.63, 3.8) is 0 Å². The van der Waals surface area contributed by atoms with Crippen molar-refractivity contribution in [1.29, 1.82) is 0 Å². The molecule has 2 rings (SSSR count). The Bertz CT molecular complexity index is 552. The zero-order valence-corrected chi connectivity index (χ0v) is 11.5. The van der Waals surface area contributed by atoms with E-state index in [1.165, 1.54) is 5.56 Å². The van der Waals surface area contributed by atoms with E-state index in [2.05, 4.69) is 24.0 Å². The van der Waals surface area contributed by atoms with Gasteiger partial charge in [0.2, 0.25) is 0 Å². The minimum Gasteiger partial charge on any atom is -0.487 e. The highest BCUT2D eigenvalue weighted by atomic mass is 16.5. The molecule has 2 aromatic rings. The van der Waals surface area contributed by atoms with Crippen LogP contribution in [0.4, 0.5) is 0 Å². The van der Waals surface area contributed by atoms with Crippen LogP contribution in [0.1, 0.15) is 22.5 Å². The Hall–Kier alpha value is -1.87. The molecule has 0 aliphatic heterocycles. The highest BCUT2D eigenvalue weighted by Crippen LogP contribution is 2.21. The minimum atomic E-state index is 0.488. The third kappa shape index (κ3) is 3.80. The fraction of sp³-hybridized carbons (Fsp3) is 0.312. The number of nitrogens with zero attached hydrogens (tertiary/aromatic N) is 1. The number of ether oxygens (including phenoxy) is 1. The summed E-state index contributed by atoms with van der Waals surface area (Å²) >= 11 is 0. The zero-order chi connectivity index (χ0) is 13.7. The molecule has 1 aromatic carbocycles. The number of rotatable bonds is 5. The Balaban J connectivity index is 2.10. The molecule has 3 heteroatoms. The Morgan fingerprint density at radius 2 is 2.00 bits per heavy atom. The van der Waals surface area contributed by atoms with Gasteiger partial charge in [0.15, 0.2) is 0 Å². The van der Waals surface area contributed by atoms with E-state index in [1.807, 2.05) is 31.2 Å². The molecule has 0 saturated heterocycles. The summed E-state index contributed by atoms with van der Waals surface area (Å²) in [7, 11) is 0. The second kappa shape index (κ2) is 6.34. The molecule has 0 amide bonds. The van der Waals surface area contributed by atoms with Crippen LogP contribution in [0.15, 0.2) is 36.4 Å². The first-order valence-corrected chi connectivity index (χ1v) is 6.54. The number of hydrogen-bond acceptors (Lipinski definition) is 3. The van der Waals surface area contributed by atoms with Crippen LogP contribution in [0, 0.1) is 13.8 Å². The predicted octanol–water partition coefficient (Wildman–Crippen LogP) is 2.78. The van der Waals surface area contributed by atoms with E-state index >= 15 is 0 Å². The van der Waals surface area contributed by atoms with Crippen molar-refractivity contribution in [2.24, 2.45) is 5.73 Å². The van der Waals surface area contributed by atoms with Gasteiger partial charge in [-0.15, -0.1) is 0 Å². The molecule has 100 valence electrons. The van der Waals surface area contributed by atoms with Crippen molar-refractivity contribution in [3.05, 3.63) is 58.9 Å². The monoisotopic (exact) mass is 256 g/mol. The summed E-state index contributed by atoms with van der Waals surface area (Å²) in [6.45, 7) is 5.17. The number of aryl methyl sites for hydroxylation is 2. The van der Waals surface area contributed by atoms with Gasteiger partial charge >= 0.3 is 0 Å². The van der Waals surface area contributed by atoms with E-state index < -0.39 is 0 Å². The standard InChI is InChI=1S/C16H20N2O/c1-12-6-7-16(14(10-12)8-9-17)19-11-15-5-3-4-13(2)18-15/h3-7,10H,8-9,11,17H2,1-2H3. The van der Waals surface area contributed by atoms with Gasteiger partial charge in [-0.2, -0.15) is 0 Å². The third-order valence-corrected chi connectivity index (χ3v) is 2.95. The third-order valence-electron chi connectivity index (χ3n) is 2.95. The fourth-order valence-corrected chi connectivity index (χ4v) is 2.03. The van der Waals surface area contributed by atoms with E-state index in [0.717, 1.165) is 29.1 Å². The van der Waals surface area contributed by atoms with Crippen molar-refractivity contribution in [1.82, 2.24) is 4.98 Å². The van der Waals surface area contributed by atoms with Gasteiger partial charge in [0.05, 0.1) is 5.69 Å². The summed E-state index contributed by atoms with van der Waals surface area (Å²) in [5.41, 5.74) is 9.98. The van der Waals surface area contributed by atoms with Crippen LogP contribution in [-0.4, -0.2) is 11.5 Å². The summed E-state index contributed by atoms with van der Waals surface area (Å²) in [4.78, 5) is 4.43. The largest absolute Gasteiger partial charge is 0.487 e. The van der Waals surface area contributed by atoms with Crippen LogP contribution in [-0.2, 0) is 13.0 Å². The molecule has 0 aliphatic carbocycles. The Kier molecular flexibility index (Phi) is 4.53. The number of hydrogen-bond donors (Lipinski definition) is 1. The smallest absolute Gasteiger partial charge is 0.130 e. The molecule has 0 atom stereocenters. The summed E-state index contributed by atoms with van der Waals surface area (Å²) in [6.07, 6.45) is 0.832. The molecule has 3 nitrogen and oxygen atoms in total. The van der Waals surface area contributed by atoms with Crippen LogP contribution < -0.4 is 10.5 Å². The van der Waals surface area contributed by atoms with Gasteiger partial charge in [-0.25, -0.2) is 0 Å². The molecule has 2 N–H and O–H groups in total. The quantitative estimate of drug-likeness (QED) is 0.895.